The van der Waals surface area contributed by atoms with Crippen molar-refractivity contribution in [1.29, 1.82) is 0 Å². The zero-order valence-corrected chi connectivity index (χ0v) is 13.5. The van der Waals surface area contributed by atoms with Gasteiger partial charge in [-0.2, -0.15) is 8.42 Å². The minimum absolute atomic E-state index is 0.125. The molecule has 0 saturated carbocycles. The highest BCUT2D eigenvalue weighted by Gasteiger charge is 2.22. The number of carboxylic acid groups (broad SMARTS) is 1. The van der Waals surface area contributed by atoms with Crippen molar-refractivity contribution in [3.8, 4) is 0 Å². The first-order chi connectivity index (χ1) is 11.0. The summed E-state index contributed by atoms with van der Waals surface area (Å²) in [7, 11) is -8.97. The predicted octanol–water partition coefficient (Wildman–Crippen LogP) is 1.01. The lowest BCUT2D eigenvalue weighted by molar-refractivity contribution is 0.0697. The van der Waals surface area contributed by atoms with E-state index in [1.54, 1.807) is 0 Å². The van der Waals surface area contributed by atoms with Crippen molar-refractivity contribution in [2.24, 2.45) is 0 Å². The SMILES string of the molecule is Nc1ccc(S(=O)(=O)Nc2ccccc2S(=O)(=O)O)cc1C(=O)O. The summed E-state index contributed by atoms with van der Waals surface area (Å²) in [4.78, 5) is 9.97. The van der Waals surface area contributed by atoms with E-state index < -0.39 is 41.5 Å². The molecule has 24 heavy (non-hydrogen) atoms. The third-order valence-corrected chi connectivity index (χ3v) is 5.25. The van der Waals surface area contributed by atoms with Crippen LogP contribution in [0.3, 0.4) is 0 Å². The van der Waals surface area contributed by atoms with Crippen LogP contribution in [0.25, 0.3) is 0 Å². The van der Waals surface area contributed by atoms with Gasteiger partial charge in [0.1, 0.15) is 4.90 Å². The summed E-state index contributed by atoms with van der Waals surface area (Å²) in [6, 6.07) is 7.82. The molecule has 2 rings (SSSR count). The average Bonchev–Trinajstić information content (AvgIpc) is 2.46. The Hall–Kier alpha value is -2.63. The van der Waals surface area contributed by atoms with Gasteiger partial charge >= 0.3 is 5.97 Å². The quantitative estimate of drug-likeness (QED) is 0.446. The Balaban J connectivity index is 2.52. The van der Waals surface area contributed by atoms with Crippen LogP contribution in [0.15, 0.2) is 52.3 Å². The standard InChI is InChI=1S/C13H12N2O7S2/c14-10-6-5-8(7-9(10)13(16)17)23(18,19)15-11-3-1-2-4-12(11)24(20,21)22/h1-7,15H,14H2,(H,16,17)(H,20,21,22). The van der Waals surface area contributed by atoms with Gasteiger partial charge in [-0.1, -0.05) is 12.1 Å². The van der Waals surface area contributed by atoms with Gasteiger partial charge in [0.2, 0.25) is 0 Å². The Bertz CT molecular complexity index is 1010. The Morgan fingerprint density at radius 1 is 1.04 bits per heavy atom. The van der Waals surface area contributed by atoms with Crippen molar-refractivity contribution in [2.45, 2.75) is 9.79 Å². The number of sulfonamides is 1. The minimum atomic E-state index is -4.66. The maximum absolute atomic E-state index is 12.3. The maximum Gasteiger partial charge on any atom is 0.337 e. The molecule has 5 N–H and O–H groups in total. The number of rotatable bonds is 5. The lowest BCUT2D eigenvalue weighted by Crippen LogP contribution is -2.16. The molecule has 0 aromatic heterocycles. The van der Waals surface area contributed by atoms with Gasteiger partial charge in [-0.3, -0.25) is 9.27 Å². The lowest BCUT2D eigenvalue weighted by atomic mass is 10.2. The molecule has 0 amide bonds. The van der Waals surface area contributed by atoms with E-state index in [4.69, 9.17) is 15.4 Å². The Kier molecular flexibility index (Phi) is 4.51. The molecule has 9 nitrogen and oxygen atoms in total. The van der Waals surface area contributed by atoms with E-state index in [9.17, 15) is 21.6 Å². The van der Waals surface area contributed by atoms with Gasteiger partial charge in [0, 0.05) is 5.69 Å². The van der Waals surface area contributed by atoms with Crippen LogP contribution < -0.4 is 10.5 Å². The van der Waals surface area contributed by atoms with Gasteiger partial charge in [-0.25, -0.2) is 13.2 Å². The highest BCUT2D eigenvalue weighted by atomic mass is 32.2. The number of hydrogen-bond donors (Lipinski definition) is 4. The minimum Gasteiger partial charge on any atom is -0.478 e. The first-order valence-electron chi connectivity index (χ1n) is 6.24. The molecule has 2 aromatic carbocycles. The molecular weight excluding hydrogens is 360 g/mol. The first-order valence-corrected chi connectivity index (χ1v) is 9.17. The summed E-state index contributed by atoms with van der Waals surface area (Å²) in [5.74, 6) is -1.41. The molecule has 0 aliphatic heterocycles. The Morgan fingerprint density at radius 2 is 1.67 bits per heavy atom. The van der Waals surface area contributed by atoms with Gasteiger partial charge < -0.3 is 10.8 Å². The van der Waals surface area contributed by atoms with Crippen molar-refractivity contribution >= 4 is 37.5 Å². The summed E-state index contributed by atoms with van der Waals surface area (Å²) in [5.41, 5.74) is 4.54. The number of anilines is 2. The number of benzene rings is 2. The summed E-state index contributed by atoms with van der Waals surface area (Å²) < 4.78 is 58.4. The summed E-state index contributed by atoms with van der Waals surface area (Å²) >= 11 is 0. The van der Waals surface area contributed by atoms with E-state index in [2.05, 4.69) is 0 Å². The summed E-state index contributed by atoms with van der Waals surface area (Å²) in [5, 5.41) is 8.99. The molecule has 128 valence electrons. The van der Waals surface area contributed by atoms with Crippen LogP contribution in [0.1, 0.15) is 10.4 Å². The third-order valence-electron chi connectivity index (χ3n) is 2.97. The summed E-state index contributed by atoms with van der Waals surface area (Å²) in [6.45, 7) is 0. The molecular formula is C13H12N2O7S2. The normalized spacial score (nSPS) is 11.9. The van der Waals surface area contributed by atoms with Crippen LogP contribution in [0.2, 0.25) is 0 Å². The van der Waals surface area contributed by atoms with E-state index >= 15 is 0 Å². The van der Waals surface area contributed by atoms with E-state index in [-0.39, 0.29) is 11.4 Å². The van der Waals surface area contributed by atoms with Crippen molar-refractivity contribution < 1.29 is 31.3 Å². The molecule has 0 spiro atoms. The van der Waals surface area contributed by atoms with Gasteiger partial charge in [0.25, 0.3) is 20.1 Å². The number of nitrogens with two attached hydrogens (primary N) is 1. The number of aromatic carboxylic acids is 1. The largest absolute Gasteiger partial charge is 0.478 e. The van der Waals surface area contributed by atoms with E-state index in [0.717, 1.165) is 30.3 Å². The smallest absolute Gasteiger partial charge is 0.337 e. The number of carboxylic acids is 1. The fourth-order valence-electron chi connectivity index (χ4n) is 1.87. The van der Waals surface area contributed by atoms with E-state index in [1.807, 2.05) is 4.72 Å². The zero-order valence-electron chi connectivity index (χ0n) is 11.9. The van der Waals surface area contributed by atoms with Crippen LogP contribution >= 0.6 is 0 Å². The van der Waals surface area contributed by atoms with Crippen molar-refractivity contribution in [3.63, 3.8) is 0 Å². The Labute approximate surface area is 137 Å². The van der Waals surface area contributed by atoms with Crippen molar-refractivity contribution in [2.75, 3.05) is 10.5 Å². The second-order valence-electron chi connectivity index (χ2n) is 4.63. The van der Waals surface area contributed by atoms with Crippen LogP contribution in [-0.4, -0.2) is 32.5 Å². The molecule has 0 saturated heterocycles. The molecule has 0 radical (unpaired) electrons. The molecule has 0 aliphatic carbocycles. The van der Waals surface area contributed by atoms with Gasteiger partial charge in [-0.15, -0.1) is 0 Å². The molecule has 0 unspecified atom stereocenters. The molecule has 0 bridgehead atoms. The fourth-order valence-corrected chi connectivity index (χ4v) is 3.69. The highest BCUT2D eigenvalue weighted by molar-refractivity contribution is 7.93. The van der Waals surface area contributed by atoms with E-state index in [1.165, 1.54) is 12.1 Å². The van der Waals surface area contributed by atoms with Crippen LogP contribution in [0, 0.1) is 0 Å². The Morgan fingerprint density at radius 3 is 2.25 bits per heavy atom. The van der Waals surface area contributed by atoms with Crippen LogP contribution in [0.4, 0.5) is 11.4 Å². The lowest BCUT2D eigenvalue weighted by Gasteiger charge is -2.12. The fraction of sp³-hybridized carbons (Fsp3) is 0. The number of carbonyl (C=O) groups is 1. The number of hydrogen-bond acceptors (Lipinski definition) is 6. The second-order valence-corrected chi connectivity index (χ2v) is 7.70. The topological polar surface area (TPSA) is 164 Å². The molecule has 0 aliphatic rings. The van der Waals surface area contributed by atoms with Gasteiger partial charge in [-0.05, 0) is 30.3 Å². The maximum atomic E-state index is 12.3. The first kappa shape index (κ1) is 17.7. The molecule has 0 atom stereocenters. The molecule has 2 aromatic rings. The average molecular weight is 372 g/mol. The number of nitrogens with one attached hydrogen (secondary N) is 1. The van der Waals surface area contributed by atoms with Crippen LogP contribution in [-0.2, 0) is 20.1 Å². The zero-order chi connectivity index (χ0) is 18.1. The predicted molar refractivity (Wildman–Crippen MR) is 84.9 cm³/mol. The molecule has 0 fully saturated rings. The third kappa shape index (κ3) is 3.64. The second kappa shape index (κ2) is 6.11. The van der Waals surface area contributed by atoms with E-state index in [0.29, 0.717) is 0 Å². The number of nitrogen functional groups attached to an aromatic ring is 1. The van der Waals surface area contributed by atoms with Gasteiger partial charge in [0.15, 0.2) is 0 Å². The summed E-state index contributed by atoms with van der Waals surface area (Å²) in [6.07, 6.45) is 0. The van der Waals surface area contributed by atoms with Gasteiger partial charge in [0.05, 0.1) is 16.1 Å². The highest BCUT2D eigenvalue weighted by Crippen LogP contribution is 2.25. The van der Waals surface area contributed by atoms with Crippen LogP contribution in [0.5, 0.6) is 0 Å². The monoisotopic (exact) mass is 372 g/mol. The van der Waals surface area contributed by atoms with Crippen molar-refractivity contribution in [3.05, 3.63) is 48.0 Å². The molecule has 11 heteroatoms. The number of para-hydroxylation sites is 1. The molecule has 0 heterocycles. The van der Waals surface area contributed by atoms with Crippen molar-refractivity contribution in [1.82, 2.24) is 0 Å².